The van der Waals surface area contributed by atoms with Crippen LogP contribution in [0.25, 0.3) is 0 Å². The second kappa shape index (κ2) is 9.23. The molecule has 1 atom stereocenters. The van der Waals surface area contributed by atoms with Crippen LogP contribution in [0.15, 0.2) is 52.0 Å². The number of furan rings is 1. The van der Waals surface area contributed by atoms with E-state index in [-0.39, 0.29) is 16.8 Å². The Balaban J connectivity index is 1.57. The van der Waals surface area contributed by atoms with Gasteiger partial charge in [0, 0.05) is 19.6 Å². The van der Waals surface area contributed by atoms with Gasteiger partial charge in [0.1, 0.15) is 6.04 Å². The molecule has 9 heteroatoms. The molecule has 29 heavy (non-hydrogen) atoms. The fourth-order valence-electron chi connectivity index (χ4n) is 3.08. The summed E-state index contributed by atoms with van der Waals surface area (Å²) in [5.41, 5.74) is 0.943. The number of rotatable bonds is 7. The number of amides is 2. The minimum Gasteiger partial charge on any atom is -0.438 e. The highest BCUT2D eigenvalue weighted by molar-refractivity contribution is 7.89. The molecule has 2 amide bonds. The van der Waals surface area contributed by atoms with Crippen LogP contribution in [-0.4, -0.2) is 43.7 Å². The van der Waals surface area contributed by atoms with Crippen molar-refractivity contribution in [3.63, 3.8) is 0 Å². The first-order chi connectivity index (χ1) is 13.9. The second-order valence-electron chi connectivity index (χ2n) is 6.98. The fourth-order valence-corrected chi connectivity index (χ4v) is 4.51. The van der Waals surface area contributed by atoms with E-state index < -0.39 is 22.0 Å². The van der Waals surface area contributed by atoms with Crippen LogP contribution >= 0.6 is 0 Å². The number of benzene rings is 1. The predicted molar refractivity (Wildman–Crippen MR) is 107 cm³/mol. The molecular weight excluding hydrogens is 394 g/mol. The Labute approximate surface area is 170 Å². The molecule has 0 spiro atoms. The Morgan fingerprint density at radius 3 is 2.45 bits per heavy atom. The molecule has 3 rings (SSSR count). The number of piperidine rings is 1. The molecule has 1 aromatic heterocycles. The highest BCUT2D eigenvalue weighted by Crippen LogP contribution is 2.22. The van der Waals surface area contributed by atoms with Gasteiger partial charge in [-0.2, -0.15) is 4.31 Å². The van der Waals surface area contributed by atoms with Gasteiger partial charge in [0.25, 0.3) is 15.9 Å². The standard InChI is InChI=1S/C20H25N3O5S/c1-15(19(24)21-14-16-8-4-2-5-9-16)22-20(25)17-10-11-18(28-17)29(26,27)23-12-6-3-7-13-23/h2,4-5,8-11,15H,3,6-7,12-14H2,1H3,(H,21,24)(H,22,25). The van der Waals surface area contributed by atoms with Gasteiger partial charge in [-0.15, -0.1) is 0 Å². The first kappa shape index (κ1) is 21.1. The third-order valence-electron chi connectivity index (χ3n) is 4.76. The lowest BCUT2D eigenvalue weighted by Gasteiger charge is -2.24. The predicted octanol–water partition coefficient (Wildman–Crippen LogP) is 1.89. The molecular formula is C20H25N3O5S. The molecule has 1 unspecified atom stereocenters. The summed E-state index contributed by atoms with van der Waals surface area (Å²) >= 11 is 0. The smallest absolute Gasteiger partial charge is 0.287 e. The van der Waals surface area contributed by atoms with E-state index in [1.807, 2.05) is 30.3 Å². The maximum Gasteiger partial charge on any atom is 0.287 e. The number of hydrogen-bond acceptors (Lipinski definition) is 5. The minimum atomic E-state index is -3.75. The average molecular weight is 420 g/mol. The first-order valence-electron chi connectivity index (χ1n) is 9.60. The Kier molecular flexibility index (Phi) is 6.71. The molecule has 2 heterocycles. The number of sulfonamides is 1. The SMILES string of the molecule is CC(NC(=O)c1ccc(S(=O)(=O)N2CCCCC2)o1)C(=O)NCc1ccccc1. The maximum absolute atomic E-state index is 12.6. The van der Waals surface area contributed by atoms with Crippen molar-refractivity contribution in [2.75, 3.05) is 13.1 Å². The highest BCUT2D eigenvalue weighted by Gasteiger charge is 2.30. The van der Waals surface area contributed by atoms with Crippen molar-refractivity contribution in [2.24, 2.45) is 0 Å². The van der Waals surface area contributed by atoms with Crippen LogP contribution in [0.5, 0.6) is 0 Å². The van der Waals surface area contributed by atoms with Crippen LogP contribution in [0.3, 0.4) is 0 Å². The van der Waals surface area contributed by atoms with Crippen molar-refractivity contribution in [3.05, 3.63) is 53.8 Å². The molecule has 1 aliphatic heterocycles. The molecule has 0 bridgehead atoms. The van der Waals surface area contributed by atoms with Gasteiger partial charge in [0.15, 0.2) is 5.76 Å². The molecule has 0 radical (unpaired) electrons. The van der Waals surface area contributed by atoms with Crippen LogP contribution in [-0.2, 0) is 21.4 Å². The molecule has 1 saturated heterocycles. The highest BCUT2D eigenvalue weighted by atomic mass is 32.2. The third-order valence-corrected chi connectivity index (χ3v) is 6.54. The van der Waals surface area contributed by atoms with E-state index in [1.54, 1.807) is 6.92 Å². The number of nitrogens with zero attached hydrogens (tertiary/aromatic N) is 1. The molecule has 0 aliphatic carbocycles. The molecule has 0 saturated carbocycles. The molecule has 2 aromatic rings. The lowest BCUT2D eigenvalue weighted by atomic mass is 10.2. The van der Waals surface area contributed by atoms with Gasteiger partial charge >= 0.3 is 0 Å². The topological polar surface area (TPSA) is 109 Å². The molecule has 1 aliphatic rings. The van der Waals surface area contributed by atoms with Gasteiger partial charge in [0.2, 0.25) is 11.0 Å². The maximum atomic E-state index is 12.6. The third kappa shape index (κ3) is 5.24. The minimum absolute atomic E-state index is 0.150. The monoisotopic (exact) mass is 419 g/mol. The van der Waals surface area contributed by atoms with E-state index in [1.165, 1.54) is 16.4 Å². The van der Waals surface area contributed by atoms with Crippen LogP contribution in [0.2, 0.25) is 0 Å². The van der Waals surface area contributed by atoms with E-state index in [9.17, 15) is 18.0 Å². The molecule has 1 aromatic carbocycles. The summed E-state index contributed by atoms with van der Waals surface area (Å²) < 4.78 is 31.9. The fraction of sp³-hybridized carbons (Fsp3) is 0.400. The normalized spacial score (nSPS) is 16.2. The largest absolute Gasteiger partial charge is 0.438 e. The van der Waals surface area contributed by atoms with Crippen molar-refractivity contribution >= 4 is 21.8 Å². The molecule has 8 nitrogen and oxygen atoms in total. The van der Waals surface area contributed by atoms with Gasteiger partial charge in [0.05, 0.1) is 0 Å². The number of hydrogen-bond donors (Lipinski definition) is 2. The van der Waals surface area contributed by atoms with Gasteiger partial charge in [-0.1, -0.05) is 36.8 Å². The zero-order valence-electron chi connectivity index (χ0n) is 16.3. The Morgan fingerprint density at radius 2 is 1.76 bits per heavy atom. The summed E-state index contributed by atoms with van der Waals surface area (Å²) in [5, 5.41) is 5.01. The van der Waals surface area contributed by atoms with Crippen LogP contribution in [0, 0.1) is 0 Å². The lowest BCUT2D eigenvalue weighted by molar-refractivity contribution is -0.122. The van der Waals surface area contributed by atoms with Gasteiger partial charge in [-0.3, -0.25) is 9.59 Å². The summed E-state index contributed by atoms with van der Waals surface area (Å²) in [6.45, 7) is 2.79. The Hall–Kier alpha value is -2.65. The number of carbonyl (C=O) groups is 2. The van der Waals surface area contributed by atoms with Crippen molar-refractivity contribution in [2.45, 2.75) is 43.9 Å². The zero-order chi connectivity index (χ0) is 20.9. The first-order valence-corrected chi connectivity index (χ1v) is 11.0. The quantitative estimate of drug-likeness (QED) is 0.712. The summed E-state index contributed by atoms with van der Waals surface area (Å²) in [6, 6.07) is 11.2. The molecule has 2 N–H and O–H groups in total. The summed E-state index contributed by atoms with van der Waals surface area (Å²) in [4.78, 5) is 24.6. The van der Waals surface area contributed by atoms with Crippen molar-refractivity contribution in [3.8, 4) is 0 Å². The van der Waals surface area contributed by atoms with E-state index in [4.69, 9.17) is 4.42 Å². The van der Waals surface area contributed by atoms with Crippen LogP contribution in [0.4, 0.5) is 0 Å². The van der Waals surface area contributed by atoms with E-state index in [2.05, 4.69) is 10.6 Å². The number of nitrogens with one attached hydrogen (secondary N) is 2. The van der Waals surface area contributed by atoms with Crippen molar-refractivity contribution < 1.29 is 22.4 Å². The molecule has 1 fully saturated rings. The van der Waals surface area contributed by atoms with Gasteiger partial charge in [-0.05, 0) is 37.5 Å². The second-order valence-corrected chi connectivity index (χ2v) is 8.85. The van der Waals surface area contributed by atoms with Crippen LogP contribution in [0.1, 0.15) is 42.3 Å². The van der Waals surface area contributed by atoms with E-state index in [0.29, 0.717) is 19.6 Å². The lowest BCUT2D eigenvalue weighted by Crippen LogP contribution is -2.44. The summed E-state index contributed by atoms with van der Waals surface area (Å²) in [7, 11) is -3.75. The van der Waals surface area contributed by atoms with E-state index >= 15 is 0 Å². The number of carbonyl (C=O) groups excluding carboxylic acids is 2. The van der Waals surface area contributed by atoms with Gasteiger partial charge in [-0.25, -0.2) is 8.42 Å². The average Bonchev–Trinajstić information content (AvgIpc) is 3.24. The Morgan fingerprint density at radius 1 is 1.07 bits per heavy atom. The van der Waals surface area contributed by atoms with Crippen molar-refractivity contribution in [1.29, 1.82) is 0 Å². The molecule has 156 valence electrons. The van der Waals surface area contributed by atoms with E-state index in [0.717, 1.165) is 24.8 Å². The summed E-state index contributed by atoms with van der Waals surface area (Å²) in [5.74, 6) is -1.15. The van der Waals surface area contributed by atoms with Gasteiger partial charge < -0.3 is 15.1 Å². The zero-order valence-corrected chi connectivity index (χ0v) is 17.1. The van der Waals surface area contributed by atoms with Crippen LogP contribution < -0.4 is 10.6 Å². The summed E-state index contributed by atoms with van der Waals surface area (Å²) in [6.07, 6.45) is 2.62. The van der Waals surface area contributed by atoms with Crippen molar-refractivity contribution in [1.82, 2.24) is 14.9 Å². The Bertz CT molecular complexity index is 950.